The van der Waals surface area contributed by atoms with Crippen LogP contribution in [0.25, 0.3) is 44.6 Å². The standard InChI is InChI=1S/C33H32F3N5O3/c1-39-31-26(7-20(10-30(31)44-2)33(43)40-15-21(34)11-22(37)16-40)38-32(39)28-9-19-6-5-18(8-27(19)41(28)14-17-3-4-17)23-12-25(36)29(42)13-24(23)35/h5-10,12-13,17,21-22,42H,3-4,11,14-16,37H2,1-2H3/t21-,22-/m1/s1. The third kappa shape index (κ3) is 4.85. The van der Waals surface area contributed by atoms with E-state index in [0.29, 0.717) is 39.7 Å². The Morgan fingerprint density at radius 3 is 2.61 bits per heavy atom. The number of likely N-dealkylation sites (tertiary alicyclic amines) is 1. The zero-order valence-electron chi connectivity index (χ0n) is 24.4. The fourth-order valence-corrected chi connectivity index (χ4v) is 6.36. The molecule has 0 radical (unpaired) electrons. The molecule has 5 aromatic rings. The largest absolute Gasteiger partial charge is 0.505 e. The average molecular weight is 604 g/mol. The number of phenols is 1. The number of benzene rings is 3. The Balaban J connectivity index is 1.35. The lowest BCUT2D eigenvalue weighted by Gasteiger charge is -2.33. The molecule has 7 rings (SSSR count). The predicted molar refractivity (Wildman–Crippen MR) is 161 cm³/mol. The van der Waals surface area contributed by atoms with Crippen molar-refractivity contribution < 1.29 is 27.8 Å². The summed E-state index contributed by atoms with van der Waals surface area (Å²) in [7, 11) is 3.41. The molecule has 228 valence electrons. The van der Waals surface area contributed by atoms with Gasteiger partial charge in [0.25, 0.3) is 5.91 Å². The van der Waals surface area contributed by atoms with Crippen molar-refractivity contribution in [1.82, 2.24) is 19.0 Å². The molecular formula is C33H32F3N5O3. The van der Waals surface area contributed by atoms with Crippen molar-refractivity contribution in [3.05, 3.63) is 65.7 Å². The quantitative estimate of drug-likeness (QED) is 0.257. The summed E-state index contributed by atoms with van der Waals surface area (Å²) in [5, 5.41) is 10.5. The summed E-state index contributed by atoms with van der Waals surface area (Å²) in [4.78, 5) is 19.8. The Morgan fingerprint density at radius 1 is 1.09 bits per heavy atom. The number of piperidine rings is 1. The molecule has 3 heterocycles. The van der Waals surface area contributed by atoms with Crippen molar-refractivity contribution >= 4 is 27.8 Å². The fourth-order valence-electron chi connectivity index (χ4n) is 6.36. The van der Waals surface area contributed by atoms with E-state index < -0.39 is 29.6 Å². The first-order valence-electron chi connectivity index (χ1n) is 14.7. The maximum atomic E-state index is 14.8. The predicted octanol–water partition coefficient (Wildman–Crippen LogP) is 5.78. The van der Waals surface area contributed by atoms with Gasteiger partial charge in [0, 0.05) is 54.3 Å². The van der Waals surface area contributed by atoms with Gasteiger partial charge in [0.2, 0.25) is 0 Å². The average Bonchev–Trinajstić information content (AvgIpc) is 3.66. The minimum atomic E-state index is -1.17. The van der Waals surface area contributed by atoms with E-state index in [4.69, 9.17) is 15.5 Å². The Kier molecular flexibility index (Phi) is 6.80. The van der Waals surface area contributed by atoms with E-state index in [2.05, 4.69) is 4.57 Å². The fraction of sp³-hybridized carbons (Fsp3) is 0.333. The molecular weight excluding hydrogens is 571 g/mol. The molecule has 1 saturated carbocycles. The van der Waals surface area contributed by atoms with Crippen LogP contribution in [0.3, 0.4) is 0 Å². The van der Waals surface area contributed by atoms with Gasteiger partial charge in [-0.05, 0) is 61.1 Å². The molecule has 2 atom stereocenters. The number of nitrogens with two attached hydrogens (primary N) is 1. The van der Waals surface area contributed by atoms with Crippen LogP contribution in [0.4, 0.5) is 13.2 Å². The maximum Gasteiger partial charge on any atom is 0.254 e. The lowest BCUT2D eigenvalue weighted by Crippen LogP contribution is -2.50. The zero-order chi connectivity index (χ0) is 30.9. The van der Waals surface area contributed by atoms with E-state index in [1.807, 2.05) is 29.8 Å². The number of hydrogen-bond donors (Lipinski definition) is 2. The van der Waals surface area contributed by atoms with E-state index in [-0.39, 0.29) is 31.0 Å². The maximum absolute atomic E-state index is 14.8. The zero-order valence-corrected chi connectivity index (χ0v) is 24.4. The third-order valence-electron chi connectivity index (χ3n) is 8.74. The number of nitrogens with zero attached hydrogens (tertiary/aromatic N) is 4. The van der Waals surface area contributed by atoms with Crippen molar-refractivity contribution in [3.8, 4) is 34.1 Å². The number of methoxy groups -OCH3 is 1. The molecule has 0 unspecified atom stereocenters. The number of fused-ring (bicyclic) bond motifs is 2. The van der Waals surface area contributed by atoms with Crippen molar-refractivity contribution in [2.45, 2.75) is 38.0 Å². The molecule has 1 saturated heterocycles. The number of carbonyl (C=O) groups excluding carboxylic acids is 1. The summed E-state index contributed by atoms with van der Waals surface area (Å²) in [6, 6.07) is 12.2. The number of carbonyl (C=O) groups is 1. The van der Waals surface area contributed by atoms with E-state index in [1.54, 1.807) is 18.2 Å². The lowest BCUT2D eigenvalue weighted by atomic mass is 10.0. The van der Waals surface area contributed by atoms with Crippen molar-refractivity contribution in [2.24, 2.45) is 18.7 Å². The van der Waals surface area contributed by atoms with Crippen LogP contribution in [-0.2, 0) is 13.6 Å². The first kappa shape index (κ1) is 28.3. The first-order chi connectivity index (χ1) is 21.1. The number of phenolic OH excluding ortho intramolecular Hbond substituents is 1. The minimum absolute atomic E-state index is 0.00962. The highest BCUT2D eigenvalue weighted by Crippen LogP contribution is 2.39. The molecule has 1 amide bonds. The monoisotopic (exact) mass is 603 g/mol. The van der Waals surface area contributed by atoms with Gasteiger partial charge in [-0.1, -0.05) is 12.1 Å². The van der Waals surface area contributed by atoms with E-state index >= 15 is 0 Å². The summed E-state index contributed by atoms with van der Waals surface area (Å²) in [6.45, 7) is 0.986. The highest BCUT2D eigenvalue weighted by molar-refractivity contribution is 6.00. The molecule has 0 bridgehead atoms. The molecule has 8 nitrogen and oxygen atoms in total. The number of ether oxygens (including phenoxy) is 1. The van der Waals surface area contributed by atoms with Gasteiger partial charge in [-0.25, -0.2) is 18.2 Å². The second kappa shape index (κ2) is 10.6. The van der Waals surface area contributed by atoms with Gasteiger partial charge in [-0.3, -0.25) is 4.79 Å². The van der Waals surface area contributed by atoms with Crippen LogP contribution in [0.15, 0.2) is 48.5 Å². The van der Waals surface area contributed by atoms with Gasteiger partial charge < -0.3 is 29.6 Å². The first-order valence-corrected chi connectivity index (χ1v) is 14.7. The molecule has 2 aromatic heterocycles. The van der Waals surface area contributed by atoms with Gasteiger partial charge >= 0.3 is 0 Å². The molecule has 11 heteroatoms. The van der Waals surface area contributed by atoms with Gasteiger partial charge in [-0.15, -0.1) is 0 Å². The number of aromatic hydroxyl groups is 1. The van der Waals surface area contributed by atoms with Gasteiger partial charge in [0.1, 0.15) is 23.3 Å². The summed E-state index contributed by atoms with van der Waals surface area (Å²) in [5.41, 5.74) is 9.79. The molecule has 0 spiro atoms. The van der Waals surface area contributed by atoms with Gasteiger partial charge in [0.15, 0.2) is 17.4 Å². The Morgan fingerprint density at radius 2 is 1.89 bits per heavy atom. The van der Waals surface area contributed by atoms with Crippen LogP contribution in [0.2, 0.25) is 0 Å². The van der Waals surface area contributed by atoms with Crippen LogP contribution in [0, 0.1) is 17.6 Å². The van der Waals surface area contributed by atoms with Crippen LogP contribution in [-0.4, -0.2) is 62.4 Å². The minimum Gasteiger partial charge on any atom is -0.505 e. The third-order valence-corrected chi connectivity index (χ3v) is 8.74. The van der Waals surface area contributed by atoms with Crippen LogP contribution >= 0.6 is 0 Å². The SMILES string of the molecule is COc1cc(C(=O)N2C[C@H](N)C[C@@H](F)C2)cc2nc(-c3cc4ccc(-c5cc(F)c(O)cc5F)cc4n3CC3CC3)n(C)c12. The second-order valence-electron chi connectivity index (χ2n) is 12.0. The van der Waals surface area contributed by atoms with Crippen LogP contribution < -0.4 is 10.5 Å². The number of rotatable bonds is 6. The molecule has 2 fully saturated rings. The van der Waals surface area contributed by atoms with E-state index in [9.17, 15) is 23.1 Å². The summed E-state index contributed by atoms with van der Waals surface area (Å²) >= 11 is 0. The smallest absolute Gasteiger partial charge is 0.254 e. The van der Waals surface area contributed by atoms with Crippen LogP contribution in [0.5, 0.6) is 11.5 Å². The Bertz CT molecular complexity index is 1940. The Hall–Kier alpha value is -4.51. The van der Waals surface area contributed by atoms with Crippen molar-refractivity contribution in [3.63, 3.8) is 0 Å². The van der Waals surface area contributed by atoms with Gasteiger partial charge in [-0.2, -0.15) is 0 Å². The molecule has 3 N–H and O–H groups in total. The highest BCUT2D eigenvalue weighted by Gasteiger charge is 2.30. The molecule has 2 aliphatic rings. The van der Waals surface area contributed by atoms with Crippen molar-refractivity contribution in [1.29, 1.82) is 0 Å². The topological polar surface area (TPSA) is 98.5 Å². The molecule has 1 aliphatic carbocycles. The normalized spacial score (nSPS) is 18.8. The molecule has 44 heavy (non-hydrogen) atoms. The summed E-state index contributed by atoms with van der Waals surface area (Å²) in [5.74, 6) is -1.09. The van der Waals surface area contributed by atoms with Crippen LogP contribution in [0.1, 0.15) is 29.6 Å². The lowest BCUT2D eigenvalue weighted by molar-refractivity contribution is 0.0606. The highest BCUT2D eigenvalue weighted by atomic mass is 19.1. The Labute approximate surface area is 251 Å². The number of amides is 1. The second-order valence-corrected chi connectivity index (χ2v) is 12.0. The number of aryl methyl sites for hydroxylation is 1. The van der Waals surface area contributed by atoms with E-state index in [0.717, 1.165) is 48.1 Å². The summed E-state index contributed by atoms with van der Waals surface area (Å²) in [6.07, 6.45) is 1.25. The number of alkyl halides is 1. The number of hydrogen-bond acceptors (Lipinski definition) is 5. The number of aromatic nitrogens is 3. The number of imidazole rings is 1. The molecule has 1 aliphatic heterocycles. The molecule has 3 aromatic carbocycles. The summed E-state index contributed by atoms with van der Waals surface area (Å²) < 4.78 is 53.0. The van der Waals surface area contributed by atoms with E-state index in [1.165, 1.54) is 12.0 Å². The van der Waals surface area contributed by atoms with Crippen molar-refractivity contribution in [2.75, 3.05) is 20.2 Å². The number of halogens is 3. The van der Waals surface area contributed by atoms with Gasteiger partial charge in [0.05, 0.1) is 24.9 Å².